The first-order valence-corrected chi connectivity index (χ1v) is 10.6. The number of nitrogens with one attached hydrogen (secondary N) is 1. The number of likely N-dealkylation sites (tertiary alicyclic amines) is 1. The van der Waals surface area contributed by atoms with Crippen molar-refractivity contribution >= 4 is 29.5 Å². The lowest BCUT2D eigenvalue weighted by atomic mass is 9.93. The molecular weight excluding hydrogens is 430 g/mol. The molecule has 2 amide bonds. The molecule has 0 unspecified atom stereocenters. The van der Waals surface area contributed by atoms with Crippen molar-refractivity contribution in [3.05, 3.63) is 24.3 Å². The fourth-order valence-electron chi connectivity index (χ4n) is 4.62. The van der Waals surface area contributed by atoms with Crippen molar-refractivity contribution in [2.75, 3.05) is 42.9 Å². The zero-order valence-corrected chi connectivity index (χ0v) is 18.0. The van der Waals surface area contributed by atoms with Gasteiger partial charge in [-0.1, -0.05) is 0 Å². The Balaban J connectivity index is 1.30. The highest BCUT2D eigenvalue weighted by molar-refractivity contribution is 5.73. The number of ether oxygens (including phenoxy) is 1. The van der Waals surface area contributed by atoms with Crippen LogP contribution in [0, 0.1) is 11.3 Å². The predicted octanol–water partition coefficient (Wildman–Crippen LogP) is 0.979. The van der Waals surface area contributed by atoms with E-state index in [1.807, 2.05) is 11.0 Å². The van der Waals surface area contributed by atoms with Crippen molar-refractivity contribution in [1.82, 2.24) is 29.5 Å². The van der Waals surface area contributed by atoms with Gasteiger partial charge < -0.3 is 25.0 Å². The van der Waals surface area contributed by atoms with Gasteiger partial charge in [0.25, 0.3) is 0 Å². The van der Waals surface area contributed by atoms with Crippen LogP contribution in [0.1, 0.15) is 18.5 Å². The Bertz CT molecular complexity index is 1140. The third-order valence-electron chi connectivity index (χ3n) is 6.22. The van der Waals surface area contributed by atoms with Gasteiger partial charge in [0.05, 0.1) is 43.8 Å². The maximum atomic E-state index is 12.6. The van der Waals surface area contributed by atoms with E-state index in [9.17, 15) is 14.9 Å². The van der Waals surface area contributed by atoms with E-state index in [1.54, 1.807) is 35.2 Å². The molecular formula is C20H23N9O4. The highest BCUT2D eigenvalue weighted by atomic mass is 16.6. The van der Waals surface area contributed by atoms with Gasteiger partial charge in [-0.25, -0.2) is 19.6 Å². The Morgan fingerprint density at radius 2 is 2.18 bits per heavy atom. The first kappa shape index (κ1) is 20.8. The van der Waals surface area contributed by atoms with Crippen LogP contribution in [0.4, 0.5) is 26.9 Å². The highest BCUT2D eigenvalue weighted by Gasteiger charge is 2.56. The molecule has 13 nitrogen and oxygen atoms in total. The molecule has 3 aliphatic heterocycles. The van der Waals surface area contributed by atoms with Crippen LogP contribution >= 0.6 is 0 Å². The summed E-state index contributed by atoms with van der Waals surface area (Å²) in [5, 5.41) is 25.7. The summed E-state index contributed by atoms with van der Waals surface area (Å²) in [7, 11) is 1.79. The first-order chi connectivity index (χ1) is 15.9. The summed E-state index contributed by atoms with van der Waals surface area (Å²) in [4.78, 5) is 37.6. The van der Waals surface area contributed by atoms with E-state index >= 15 is 0 Å². The molecule has 5 heterocycles. The number of carboxylic acid groups (broad SMARTS) is 1. The van der Waals surface area contributed by atoms with Crippen molar-refractivity contribution in [2.45, 2.75) is 24.5 Å². The van der Waals surface area contributed by atoms with Crippen molar-refractivity contribution in [1.29, 1.82) is 5.26 Å². The second kappa shape index (κ2) is 7.80. The highest BCUT2D eigenvalue weighted by Crippen LogP contribution is 2.35. The van der Waals surface area contributed by atoms with Crippen LogP contribution < -0.4 is 10.2 Å². The number of carbonyl (C=O) groups is 2. The number of nitrogens with zero attached hydrogens (tertiary/aromatic N) is 8. The molecule has 3 aliphatic rings. The molecule has 172 valence electrons. The van der Waals surface area contributed by atoms with Crippen LogP contribution in [-0.4, -0.2) is 91.2 Å². The fourth-order valence-corrected chi connectivity index (χ4v) is 4.62. The van der Waals surface area contributed by atoms with Gasteiger partial charge in [0.2, 0.25) is 0 Å². The lowest BCUT2D eigenvalue weighted by Crippen LogP contribution is -2.65. The average Bonchev–Trinajstić information content (AvgIpc) is 3.35. The van der Waals surface area contributed by atoms with Crippen LogP contribution in [0.2, 0.25) is 0 Å². The average molecular weight is 453 g/mol. The smallest absolute Gasteiger partial charge is 0.410 e. The van der Waals surface area contributed by atoms with Gasteiger partial charge >= 0.3 is 12.2 Å². The number of hydrogen-bond acceptors (Lipinski definition) is 9. The van der Waals surface area contributed by atoms with Crippen molar-refractivity contribution < 1.29 is 19.4 Å². The largest absolute Gasteiger partial charge is 0.465 e. The SMILES string of the molecule is Cn1cc(Nc2nc(N3CCC[C@@H](N4CC5(CN(C(=O)O)C5)OC4=O)C3)cnc2C#N)cn1. The van der Waals surface area contributed by atoms with Crippen LogP contribution in [0.5, 0.6) is 0 Å². The number of amides is 2. The molecule has 2 aromatic rings. The third-order valence-corrected chi connectivity index (χ3v) is 6.22. The summed E-state index contributed by atoms with van der Waals surface area (Å²) in [5.74, 6) is 0.945. The van der Waals surface area contributed by atoms with Crippen LogP contribution in [0.3, 0.4) is 0 Å². The second-order valence-electron chi connectivity index (χ2n) is 8.62. The summed E-state index contributed by atoms with van der Waals surface area (Å²) in [6.07, 6.45) is 5.21. The normalized spacial score (nSPS) is 21.5. The summed E-state index contributed by atoms with van der Waals surface area (Å²) in [6.45, 7) is 2.06. The molecule has 3 fully saturated rings. The van der Waals surface area contributed by atoms with E-state index in [1.165, 1.54) is 4.90 Å². The standard InChI is InChI=1S/C20H23N9O4/c1-26-8-13(6-23-26)24-17-15(5-21)22-7-16(25-17)27-4-2-3-14(9-27)29-12-20(33-19(29)32)10-28(11-20)18(30)31/h6-8,14H,2-4,9-12H2,1H3,(H,24,25)(H,30,31)/t14-/m1/s1. The van der Waals surface area contributed by atoms with E-state index in [4.69, 9.17) is 9.84 Å². The molecule has 0 aliphatic carbocycles. The third kappa shape index (κ3) is 3.84. The summed E-state index contributed by atoms with van der Waals surface area (Å²) in [5.41, 5.74) is 0.125. The second-order valence-corrected chi connectivity index (χ2v) is 8.62. The Morgan fingerprint density at radius 3 is 2.88 bits per heavy atom. The molecule has 5 rings (SSSR count). The van der Waals surface area contributed by atoms with E-state index < -0.39 is 17.8 Å². The molecule has 33 heavy (non-hydrogen) atoms. The number of anilines is 3. The minimum absolute atomic E-state index is 0.0864. The van der Waals surface area contributed by atoms with E-state index in [2.05, 4.69) is 20.4 Å². The van der Waals surface area contributed by atoms with Gasteiger partial charge in [-0.2, -0.15) is 10.4 Å². The minimum atomic E-state index is -1.01. The molecule has 0 radical (unpaired) electrons. The van der Waals surface area contributed by atoms with Gasteiger partial charge in [0.15, 0.2) is 17.1 Å². The maximum absolute atomic E-state index is 12.6. The van der Waals surface area contributed by atoms with Gasteiger partial charge in [0.1, 0.15) is 11.9 Å². The summed E-state index contributed by atoms with van der Waals surface area (Å²) < 4.78 is 7.21. The zero-order chi connectivity index (χ0) is 23.2. The molecule has 3 saturated heterocycles. The number of aryl methyl sites for hydroxylation is 1. The zero-order valence-electron chi connectivity index (χ0n) is 18.0. The molecule has 0 bridgehead atoms. The van der Waals surface area contributed by atoms with Crippen LogP contribution in [0.15, 0.2) is 18.6 Å². The number of piperidine rings is 1. The number of rotatable bonds is 4. The predicted molar refractivity (Wildman–Crippen MR) is 114 cm³/mol. The molecule has 2 aromatic heterocycles. The van der Waals surface area contributed by atoms with Gasteiger partial charge in [-0.3, -0.25) is 9.58 Å². The van der Waals surface area contributed by atoms with E-state index in [0.29, 0.717) is 30.4 Å². The monoisotopic (exact) mass is 453 g/mol. The number of aromatic nitrogens is 4. The molecule has 1 atom stereocenters. The number of nitriles is 1. The van der Waals surface area contributed by atoms with E-state index in [0.717, 1.165) is 19.4 Å². The first-order valence-electron chi connectivity index (χ1n) is 10.6. The van der Waals surface area contributed by atoms with Crippen molar-refractivity contribution in [2.24, 2.45) is 7.05 Å². The fraction of sp³-hybridized carbons (Fsp3) is 0.500. The van der Waals surface area contributed by atoms with Crippen molar-refractivity contribution in [3.8, 4) is 6.07 Å². The Labute approximate surface area is 189 Å². The Kier molecular flexibility index (Phi) is 4.92. The molecule has 13 heteroatoms. The van der Waals surface area contributed by atoms with Crippen LogP contribution in [-0.2, 0) is 11.8 Å². The van der Waals surface area contributed by atoms with Gasteiger partial charge in [-0.15, -0.1) is 0 Å². The quantitative estimate of drug-likeness (QED) is 0.685. The Morgan fingerprint density at radius 1 is 1.36 bits per heavy atom. The summed E-state index contributed by atoms with van der Waals surface area (Å²) in [6, 6.07) is 1.96. The number of carbonyl (C=O) groups excluding carboxylic acids is 1. The lowest BCUT2D eigenvalue weighted by molar-refractivity contribution is -0.0611. The summed E-state index contributed by atoms with van der Waals surface area (Å²) >= 11 is 0. The minimum Gasteiger partial charge on any atom is -0.465 e. The van der Waals surface area contributed by atoms with Gasteiger partial charge in [-0.05, 0) is 12.8 Å². The molecule has 1 spiro atoms. The Hall–Kier alpha value is -4.08. The number of hydrogen-bond donors (Lipinski definition) is 2. The maximum Gasteiger partial charge on any atom is 0.410 e. The van der Waals surface area contributed by atoms with E-state index in [-0.39, 0.29) is 24.8 Å². The lowest BCUT2D eigenvalue weighted by Gasteiger charge is -2.44. The van der Waals surface area contributed by atoms with Crippen molar-refractivity contribution in [3.63, 3.8) is 0 Å². The molecule has 2 N–H and O–H groups in total. The molecule has 0 saturated carbocycles. The van der Waals surface area contributed by atoms with Crippen LogP contribution in [0.25, 0.3) is 0 Å². The van der Waals surface area contributed by atoms with Gasteiger partial charge in [0, 0.05) is 26.3 Å². The topological polar surface area (TPSA) is 153 Å². The molecule has 0 aromatic carbocycles.